The molecule has 2 spiro atoms. The molecule has 3 nitrogen and oxygen atoms in total. The molecule has 4 rings (SSSR count). The minimum absolute atomic E-state index is 0.0127. The Morgan fingerprint density at radius 1 is 1.00 bits per heavy atom. The summed E-state index contributed by atoms with van der Waals surface area (Å²) in [5.41, 5.74) is 1.24. The van der Waals surface area contributed by atoms with Gasteiger partial charge in [0.15, 0.2) is 0 Å². The van der Waals surface area contributed by atoms with Crippen molar-refractivity contribution in [1.82, 2.24) is 0 Å². The third kappa shape index (κ3) is 1.53. The molecule has 0 N–H and O–H groups in total. The van der Waals surface area contributed by atoms with Crippen LogP contribution in [0.15, 0.2) is 30.3 Å². The Morgan fingerprint density at radius 3 is 2.40 bits per heavy atom. The van der Waals surface area contributed by atoms with Crippen LogP contribution in [0.5, 0.6) is 0 Å². The van der Waals surface area contributed by atoms with Crippen LogP contribution in [-0.4, -0.2) is 11.8 Å². The smallest absolute Gasteiger partial charge is 0.308 e. The normalized spacial score (nSPS) is 35.0. The van der Waals surface area contributed by atoms with Gasteiger partial charge in [-0.25, -0.2) is 0 Å². The standard InChI is InChI=1S/C17H20O3/c18-14-9-12-17(19-14)16(10-5-2-6-11-16)15(20-17)13-7-3-1-4-8-13/h1,3-4,7-8,15H,2,5-6,9-12H2/t15?,17-/m1/s1. The Labute approximate surface area is 119 Å². The summed E-state index contributed by atoms with van der Waals surface area (Å²) < 4.78 is 11.9. The molecular weight excluding hydrogens is 252 g/mol. The maximum absolute atomic E-state index is 11.6. The lowest BCUT2D eigenvalue weighted by molar-refractivity contribution is -0.417. The number of carbonyl (C=O) groups is 1. The van der Waals surface area contributed by atoms with E-state index in [0.717, 1.165) is 19.3 Å². The lowest BCUT2D eigenvalue weighted by atomic mass is 9.58. The van der Waals surface area contributed by atoms with Crippen molar-refractivity contribution in [2.45, 2.75) is 56.8 Å². The Balaban J connectivity index is 1.71. The zero-order valence-electron chi connectivity index (χ0n) is 11.6. The van der Waals surface area contributed by atoms with Crippen LogP contribution in [0, 0.1) is 5.41 Å². The van der Waals surface area contributed by atoms with Gasteiger partial charge in [0.2, 0.25) is 5.79 Å². The average Bonchev–Trinajstić information content (AvgIpc) is 2.91. The van der Waals surface area contributed by atoms with Crippen LogP contribution >= 0.6 is 0 Å². The summed E-state index contributed by atoms with van der Waals surface area (Å²) in [7, 11) is 0. The summed E-state index contributed by atoms with van der Waals surface area (Å²) in [6.07, 6.45) is 7.26. The van der Waals surface area contributed by atoms with Crippen LogP contribution < -0.4 is 0 Å². The lowest BCUT2D eigenvalue weighted by Gasteiger charge is -2.62. The van der Waals surface area contributed by atoms with Crippen LogP contribution in [-0.2, 0) is 14.3 Å². The first kappa shape index (κ1) is 12.4. The van der Waals surface area contributed by atoms with E-state index in [2.05, 4.69) is 24.3 Å². The summed E-state index contributed by atoms with van der Waals surface area (Å²) in [5.74, 6) is -0.716. The Morgan fingerprint density at radius 2 is 1.75 bits per heavy atom. The van der Waals surface area contributed by atoms with E-state index in [1.807, 2.05) is 6.07 Å². The molecule has 3 heteroatoms. The number of benzene rings is 1. The van der Waals surface area contributed by atoms with Crippen molar-refractivity contribution in [3.05, 3.63) is 35.9 Å². The second-order valence-electron chi connectivity index (χ2n) is 6.35. The van der Waals surface area contributed by atoms with E-state index in [0.29, 0.717) is 6.42 Å². The molecule has 0 aromatic heterocycles. The van der Waals surface area contributed by atoms with Gasteiger partial charge in [0, 0.05) is 6.42 Å². The highest BCUT2D eigenvalue weighted by Crippen LogP contribution is 2.68. The van der Waals surface area contributed by atoms with Crippen LogP contribution in [0.3, 0.4) is 0 Å². The fourth-order valence-corrected chi connectivity index (χ4v) is 4.39. The fraction of sp³-hybridized carbons (Fsp3) is 0.588. The van der Waals surface area contributed by atoms with Gasteiger partial charge < -0.3 is 9.47 Å². The average molecular weight is 272 g/mol. The van der Waals surface area contributed by atoms with Gasteiger partial charge in [0.05, 0.1) is 17.9 Å². The molecule has 1 saturated carbocycles. The highest BCUT2D eigenvalue weighted by Gasteiger charge is 2.71. The molecule has 2 saturated heterocycles. The maximum Gasteiger partial charge on any atom is 0.308 e. The quantitative estimate of drug-likeness (QED) is 0.730. The molecule has 2 atom stereocenters. The van der Waals surface area contributed by atoms with E-state index in [4.69, 9.17) is 9.47 Å². The van der Waals surface area contributed by atoms with Crippen LogP contribution in [0.1, 0.15) is 56.6 Å². The molecule has 106 valence electrons. The predicted molar refractivity (Wildman–Crippen MR) is 73.8 cm³/mol. The van der Waals surface area contributed by atoms with Crippen LogP contribution in [0.4, 0.5) is 0 Å². The minimum Gasteiger partial charge on any atom is -0.432 e. The molecule has 0 bridgehead atoms. The molecule has 20 heavy (non-hydrogen) atoms. The highest BCUT2D eigenvalue weighted by molar-refractivity contribution is 5.72. The number of rotatable bonds is 1. The maximum atomic E-state index is 11.6. The van der Waals surface area contributed by atoms with E-state index < -0.39 is 5.79 Å². The number of carbonyl (C=O) groups excluding carboxylic acids is 1. The molecule has 3 fully saturated rings. The van der Waals surface area contributed by atoms with Crippen LogP contribution in [0.25, 0.3) is 0 Å². The van der Waals surface area contributed by atoms with Gasteiger partial charge in [0.1, 0.15) is 0 Å². The number of hydrogen-bond donors (Lipinski definition) is 0. The lowest BCUT2D eigenvalue weighted by Crippen LogP contribution is -2.65. The van der Waals surface area contributed by atoms with Crippen molar-refractivity contribution in [1.29, 1.82) is 0 Å². The van der Waals surface area contributed by atoms with Crippen molar-refractivity contribution in [3.63, 3.8) is 0 Å². The highest BCUT2D eigenvalue weighted by atomic mass is 16.7. The second-order valence-corrected chi connectivity index (χ2v) is 6.35. The first-order valence-electron chi connectivity index (χ1n) is 7.70. The monoisotopic (exact) mass is 272 g/mol. The van der Waals surface area contributed by atoms with Crippen LogP contribution in [0.2, 0.25) is 0 Å². The summed E-state index contributed by atoms with van der Waals surface area (Å²) in [6.45, 7) is 0. The molecule has 0 amide bonds. The van der Waals surface area contributed by atoms with Crippen molar-refractivity contribution in [2.24, 2.45) is 5.41 Å². The third-order valence-corrected chi connectivity index (χ3v) is 5.35. The van der Waals surface area contributed by atoms with Crippen molar-refractivity contribution in [2.75, 3.05) is 0 Å². The van der Waals surface area contributed by atoms with Crippen molar-refractivity contribution >= 4 is 5.97 Å². The Kier molecular flexibility index (Phi) is 2.68. The van der Waals surface area contributed by atoms with Crippen molar-refractivity contribution < 1.29 is 14.3 Å². The SMILES string of the molecule is O=C1CC[C@@]2(O1)OC(c1ccccc1)C21CCCCC1. The minimum atomic E-state index is -0.620. The first-order chi connectivity index (χ1) is 9.76. The van der Waals surface area contributed by atoms with Gasteiger partial charge in [-0.15, -0.1) is 0 Å². The number of esters is 1. The second kappa shape index (κ2) is 4.32. The fourth-order valence-electron chi connectivity index (χ4n) is 4.39. The largest absolute Gasteiger partial charge is 0.432 e. The van der Waals surface area contributed by atoms with Gasteiger partial charge in [0.25, 0.3) is 0 Å². The zero-order chi connectivity index (χ0) is 13.6. The molecule has 1 aromatic carbocycles. The molecule has 3 aliphatic rings. The molecule has 2 heterocycles. The van der Waals surface area contributed by atoms with Crippen molar-refractivity contribution in [3.8, 4) is 0 Å². The van der Waals surface area contributed by atoms with Gasteiger partial charge in [-0.05, 0) is 18.4 Å². The summed E-state index contributed by atoms with van der Waals surface area (Å²) in [6, 6.07) is 10.4. The topological polar surface area (TPSA) is 35.5 Å². The number of ether oxygens (including phenoxy) is 2. The van der Waals surface area contributed by atoms with E-state index in [1.54, 1.807) is 0 Å². The molecule has 1 aromatic rings. The van der Waals surface area contributed by atoms with E-state index >= 15 is 0 Å². The Hall–Kier alpha value is -1.35. The number of hydrogen-bond acceptors (Lipinski definition) is 3. The van der Waals surface area contributed by atoms with Gasteiger partial charge in [-0.1, -0.05) is 49.6 Å². The molecule has 1 unspecified atom stereocenters. The van der Waals surface area contributed by atoms with Gasteiger partial charge >= 0.3 is 5.97 Å². The zero-order valence-corrected chi connectivity index (χ0v) is 11.6. The molecule has 0 radical (unpaired) electrons. The van der Waals surface area contributed by atoms with E-state index in [1.165, 1.54) is 24.8 Å². The van der Waals surface area contributed by atoms with Gasteiger partial charge in [-0.3, -0.25) is 4.79 Å². The van der Waals surface area contributed by atoms with E-state index in [-0.39, 0.29) is 17.5 Å². The van der Waals surface area contributed by atoms with Gasteiger partial charge in [-0.2, -0.15) is 0 Å². The third-order valence-electron chi connectivity index (χ3n) is 5.35. The molecule has 2 aliphatic heterocycles. The molecule has 1 aliphatic carbocycles. The first-order valence-corrected chi connectivity index (χ1v) is 7.70. The Bertz CT molecular complexity index is 518. The van der Waals surface area contributed by atoms with E-state index in [9.17, 15) is 4.79 Å². The summed E-state index contributed by atoms with van der Waals surface area (Å²) in [4.78, 5) is 11.6. The summed E-state index contributed by atoms with van der Waals surface area (Å²) >= 11 is 0. The molecular formula is C17H20O3. The predicted octanol–water partition coefficient (Wildman–Crippen LogP) is 3.74. The summed E-state index contributed by atoms with van der Waals surface area (Å²) in [5, 5.41) is 0. The number of fused-ring (bicyclic) bond motifs is 1.